The van der Waals surface area contributed by atoms with Crippen LogP contribution in [0.15, 0.2) is 11.4 Å². The molecule has 3 rings (SSSR count). The Morgan fingerprint density at radius 1 is 1.22 bits per heavy atom. The van der Waals surface area contributed by atoms with E-state index in [1.54, 1.807) is 10.4 Å². The molecule has 3 heteroatoms. The zero-order valence-electron chi connectivity index (χ0n) is 11.3. The molecule has 0 spiro atoms. The summed E-state index contributed by atoms with van der Waals surface area (Å²) in [5.74, 6) is 0. The Kier molecular flexibility index (Phi) is 3.73. The molecule has 2 N–H and O–H groups in total. The van der Waals surface area contributed by atoms with Crippen LogP contribution in [0.3, 0.4) is 0 Å². The molecule has 2 nitrogen and oxygen atoms in total. The summed E-state index contributed by atoms with van der Waals surface area (Å²) in [5.41, 5.74) is 7.63. The monoisotopic (exact) mass is 264 g/mol. The molecule has 0 radical (unpaired) electrons. The van der Waals surface area contributed by atoms with Crippen molar-refractivity contribution in [2.75, 3.05) is 7.05 Å². The van der Waals surface area contributed by atoms with Gasteiger partial charge in [-0.3, -0.25) is 4.90 Å². The molecular weight excluding hydrogens is 240 g/mol. The third kappa shape index (κ3) is 2.36. The molecule has 100 valence electrons. The summed E-state index contributed by atoms with van der Waals surface area (Å²) in [6.45, 7) is 0. The van der Waals surface area contributed by atoms with Crippen molar-refractivity contribution in [2.24, 2.45) is 5.73 Å². The molecule has 2 aliphatic rings. The summed E-state index contributed by atoms with van der Waals surface area (Å²) in [7, 11) is 2.33. The zero-order valence-corrected chi connectivity index (χ0v) is 12.1. The predicted molar refractivity (Wildman–Crippen MR) is 78.0 cm³/mol. The van der Waals surface area contributed by atoms with Gasteiger partial charge in [0.2, 0.25) is 0 Å². The average Bonchev–Trinajstić information content (AvgIpc) is 2.87. The van der Waals surface area contributed by atoms with Crippen molar-refractivity contribution in [1.82, 2.24) is 4.90 Å². The first-order chi connectivity index (χ1) is 8.75. The summed E-state index contributed by atoms with van der Waals surface area (Å²) in [5, 5.41) is 2.27. The number of hydrogen-bond acceptors (Lipinski definition) is 3. The van der Waals surface area contributed by atoms with Crippen LogP contribution in [0.5, 0.6) is 0 Å². The molecule has 0 bridgehead atoms. The SMILES string of the molecule is CN(C1CCC(N)CC1)C1CCCc2sccc21. The molecule has 18 heavy (non-hydrogen) atoms. The van der Waals surface area contributed by atoms with Gasteiger partial charge in [0.05, 0.1) is 0 Å². The summed E-state index contributed by atoms with van der Waals surface area (Å²) in [6, 6.07) is 4.23. The Hall–Kier alpha value is -0.380. The van der Waals surface area contributed by atoms with E-state index in [-0.39, 0.29) is 0 Å². The van der Waals surface area contributed by atoms with E-state index >= 15 is 0 Å². The van der Waals surface area contributed by atoms with Crippen LogP contribution >= 0.6 is 11.3 Å². The smallest absolute Gasteiger partial charge is 0.0359 e. The van der Waals surface area contributed by atoms with Gasteiger partial charge in [0.15, 0.2) is 0 Å². The molecule has 0 aliphatic heterocycles. The Balaban J connectivity index is 1.72. The van der Waals surface area contributed by atoms with E-state index in [0.717, 1.165) is 6.04 Å². The molecule has 1 aromatic heterocycles. The average molecular weight is 264 g/mol. The van der Waals surface area contributed by atoms with Crippen molar-refractivity contribution >= 4 is 11.3 Å². The highest BCUT2D eigenvalue weighted by Gasteiger charge is 2.30. The molecule has 1 atom stereocenters. The number of hydrogen-bond donors (Lipinski definition) is 1. The van der Waals surface area contributed by atoms with Crippen molar-refractivity contribution in [3.05, 3.63) is 21.9 Å². The van der Waals surface area contributed by atoms with Crippen LogP contribution in [0.25, 0.3) is 0 Å². The first-order valence-corrected chi connectivity index (χ1v) is 8.17. The second kappa shape index (κ2) is 5.32. The zero-order chi connectivity index (χ0) is 12.5. The van der Waals surface area contributed by atoms with Crippen molar-refractivity contribution < 1.29 is 0 Å². The summed E-state index contributed by atoms with van der Waals surface area (Å²) < 4.78 is 0. The van der Waals surface area contributed by atoms with Crippen LogP contribution in [-0.2, 0) is 6.42 Å². The standard InChI is InChI=1S/C15H24N2S/c1-17(12-7-5-11(16)6-8-12)14-3-2-4-15-13(14)9-10-18-15/h9-12,14H,2-8,16H2,1H3. The number of nitrogens with two attached hydrogens (primary N) is 1. The number of nitrogens with zero attached hydrogens (tertiary/aromatic N) is 1. The topological polar surface area (TPSA) is 29.3 Å². The van der Waals surface area contributed by atoms with E-state index in [4.69, 9.17) is 5.73 Å². The molecule has 0 saturated heterocycles. The minimum absolute atomic E-state index is 0.456. The van der Waals surface area contributed by atoms with E-state index in [9.17, 15) is 0 Å². The first-order valence-electron chi connectivity index (χ1n) is 7.29. The van der Waals surface area contributed by atoms with E-state index in [1.165, 1.54) is 44.9 Å². The normalized spacial score (nSPS) is 32.5. The fraction of sp³-hybridized carbons (Fsp3) is 0.733. The van der Waals surface area contributed by atoms with E-state index < -0.39 is 0 Å². The second-order valence-corrected chi connectivity index (χ2v) is 6.94. The molecular formula is C15H24N2S. The molecule has 0 amide bonds. The molecule has 1 fully saturated rings. The van der Waals surface area contributed by atoms with Gasteiger partial charge in [-0.15, -0.1) is 11.3 Å². The molecule has 1 saturated carbocycles. The van der Waals surface area contributed by atoms with Crippen molar-refractivity contribution in [3.8, 4) is 0 Å². The van der Waals surface area contributed by atoms with Gasteiger partial charge in [0.25, 0.3) is 0 Å². The van der Waals surface area contributed by atoms with Gasteiger partial charge >= 0.3 is 0 Å². The maximum absolute atomic E-state index is 6.02. The van der Waals surface area contributed by atoms with Gasteiger partial charge in [-0.1, -0.05) is 0 Å². The lowest BCUT2D eigenvalue weighted by Crippen LogP contribution is -2.41. The van der Waals surface area contributed by atoms with E-state index in [2.05, 4.69) is 23.4 Å². The molecule has 1 heterocycles. The maximum Gasteiger partial charge on any atom is 0.0359 e. The number of fused-ring (bicyclic) bond motifs is 1. The van der Waals surface area contributed by atoms with Gasteiger partial charge in [-0.2, -0.15) is 0 Å². The van der Waals surface area contributed by atoms with Gasteiger partial charge in [0.1, 0.15) is 0 Å². The van der Waals surface area contributed by atoms with Gasteiger partial charge < -0.3 is 5.73 Å². The lowest BCUT2D eigenvalue weighted by Gasteiger charge is -2.40. The minimum Gasteiger partial charge on any atom is -0.328 e. The van der Waals surface area contributed by atoms with Crippen LogP contribution in [0.1, 0.15) is 55.0 Å². The Bertz CT molecular complexity index is 393. The van der Waals surface area contributed by atoms with Gasteiger partial charge in [-0.05, 0) is 69.0 Å². The lowest BCUT2D eigenvalue weighted by atomic mass is 9.87. The molecule has 1 aromatic rings. The van der Waals surface area contributed by atoms with Crippen LogP contribution < -0.4 is 5.73 Å². The van der Waals surface area contributed by atoms with Crippen LogP contribution in [0.4, 0.5) is 0 Å². The number of thiophene rings is 1. The fourth-order valence-corrected chi connectivity index (χ4v) is 4.63. The van der Waals surface area contributed by atoms with Crippen LogP contribution in [0.2, 0.25) is 0 Å². The second-order valence-electron chi connectivity index (χ2n) is 5.94. The van der Waals surface area contributed by atoms with Gasteiger partial charge in [0, 0.05) is 23.0 Å². The summed E-state index contributed by atoms with van der Waals surface area (Å²) in [6.07, 6.45) is 8.97. The first kappa shape index (κ1) is 12.6. The van der Waals surface area contributed by atoms with E-state index in [1.807, 2.05) is 11.3 Å². The van der Waals surface area contributed by atoms with E-state index in [0.29, 0.717) is 12.1 Å². The number of rotatable bonds is 2. The predicted octanol–water partition coefficient (Wildman–Crippen LogP) is 3.33. The van der Waals surface area contributed by atoms with Gasteiger partial charge in [-0.25, -0.2) is 0 Å². The number of aryl methyl sites for hydroxylation is 1. The highest BCUT2D eigenvalue weighted by Crippen LogP contribution is 2.39. The highest BCUT2D eigenvalue weighted by atomic mass is 32.1. The maximum atomic E-state index is 6.02. The fourth-order valence-electron chi connectivity index (χ4n) is 3.65. The molecule has 0 aromatic carbocycles. The Morgan fingerprint density at radius 3 is 2.78 bits per heavy atom. The summed E-state index contributed by atoms with van der Waals surface area (Å²) >= 11 is 1.95. The van der Waals surface area contributed by atoms with Crippen molar-refractivity contribution in [1.29, 1.82) is 0 Å². The Labute approximate surface area is 114 Å². The van der Waals surface area contributed by atoms with Crippen molar-refractivity contribution in [3.63, 3.8) is 0 Å². The third-order valence-corrected chi connectivity index (χ3v) is 5.83. The molecule has 1 unspecified atom stereocenters. The highest BCUT2D eigenvalue weighted by molar-refractivity contribution is 7.10. The lowest BCUT2D eigenvalue weighted by molar-refractivity contribution is 0.121. The Morgan fingerprint density at radius 2 is 2.00 bits per heavy atom. The molecule has 2 aliphatic carbocycles. The minimum atomic E-state index is 0.456. The van der Waals surface area contributed by atoms with Crippen molar-refractivity contribution in [2.45, 2.75) is 63.1 Å². The largest absolute Gasteiger partial charge is 0.328 e. The summed E-state index contributed by atoms with van der Waals surface area (Å²) in [4.78, 5) is 4.28. The third-order valence-electron chi connectivity index (χ3n) is 4.83. The van der Waals surface area contributed by atoms with Crippen LogP contribution in [0, 0.1) is 0 Å². The van der Waals surface area contributed by atoms with Crippen LogP contribution in [-0.4, -0.2) is 24.0 Å². The quantitative estimate of drug-likeness (QED) is 0.888.